The standard InChI is InChI=1S/C28H29IN4O5/c1-2-28(36)19-8-23-24-17(11-33(23)25(34)18(19)12-38-26(28)35)16(15-7-21(30)20(29)9-22(15)31-24)10-32-13-27(14-32)3-5-37-6-4-27/h7-9,36H,2-6,10-14,30H2,1H3/t28-/m0/s1. The number of aromatic nitrogens is 2. The fourth-order valence-corrected chi connectivity index (χ4v) is 7.19. The van der Waals surface area contributed by atoms with Gasteiger partial charge in [-0.25, -0.2) is 9.78 Å². The first kappa shape index (κ1) is 24.5. The molecule has 6 heterocycles. The van der Waals surface area contributed by atoms with E-state index < -0.39 is 11.6 Å². The van der Waals surface area contributed by atoms with Crippen LogP contribution in [0.5, 0.6) is 0 Å². The van der Waals surface area contributed by atoms with Crippen molar-refractivity contribution in [3.05, 3.63) is 54.4 Å². The summed E-state index contributed by atoms with van der Waals surface area (Å²) in [6.07, 6.45) is 2.30. The minimum absolute atomic E-state index is 0.115. The van der Waals surface area contributed by atoms with Crippen LogP contribution < -0.4 is 11.3 Å². The molecule has 0 radical (unpaired) electrons. The zero-order chi connectivity index (χ0) is 26.4. The number of carbonyl (C=O) groups excluding carboxylic acids is 1. The number of benzene rings is 1. The molecule has 3 N–H and O–H groups in total. The van der Waals surface area contributed by atoms with Crippen LogP contribution in [0.15, 0.2) is 23.0 Å². The van der Waals surface area contributed by atoms with E-state index in [9.17, 15) is 14.7 Å². The van der Waals surface area contributed by atoms with Crippen LogP contribution in [-0.4, -0.2) is 51.8 Å². The highest BCUT2D eigenvalue weighted by Gasteiger charge is 2.46. The number of halogens is 1. The van der Waals surface area contributed by atoms with Gasteiger partial charge in [-0.1, -0.05) is 6.92 Å². The summed E-state index contributed by atoms with van der Waals surface area (Å²) in [4.78, 5) is 33.7. The van der Waals surface area contributed by atoms with Crippen LogP contribution in [0.2, 0.25) is 0 Å². The smallest absolute Gasteiger partial charge is 0.343 e. The van der Waals surface area contributed by atoms with Crippen molar-refractivity contribution in [1.82, 2.24) is 14.5 Å². The number of aliphatic hydroxyl groups is 1. The van der Waals surface area contributed by atoms with Crippen molar-refractivity contribution in [3.63, 3.8) is 0 Å². The molecule has 0 bridgehead atoms. The van der Waals surface area contributed by atoms with Crippen LogP contribution in [0.1, 0.15) is 48.4 Å². The molecule has 2 aromatic heterocycles. The normalized spacial score (nSPS) is 23.6. The average Bonchev–Trinajstić information content (AvgIpc) is 3.26. The van der Waals surface area contributed by atoms with Crippen molar-refractivity contribution < 1.29 is 19.4 Å². The largest absolute Gasteiger partial charge is 0.458 e. The Bertz CT molecular complexity index is 1590. The van der Waals surface area contributed by atoms with E-state index in [0.717, 1.165) is 77.0 Å². The molecule has 4 aliphatic rings. The SMILES string of the molecule is CC[C@@]1(O)C(=O)OCc2c1cc1n(c2=O)Cc2c-1nc1cc(I)c(N)cc1c2CN1CC2(CCOCC2)C1. The number of fused-ring (bicyclic) bond motifs is 5. The van der Waals surface area contributed by atoms with E-state index in [1.807, 2.05) is 12.1 Å². The quantitative estimate of drug-likeness (QED) is 0.202. The average molecular weight is 628 g/mol. The zero-order valence-corrected chi connectivity index (χ0v) is 23.3. The molecular formula is C28H29IN4O5. The second-order valence-electron chi connectivity index (χ2n) is 11.2. The highest BCUT2D eigenvalue weighted by atomic mass is 127. The van der Waals surface area contributed by atoms with Crippen molar-refractivity contribution in [1.29, 1.82) is 0 Å². The molecule has 1 spiro atoms. The van der Waals surface area contributed by atoms with E-state index >= 15 is 0 Å². The Morgan fingerprint density at radius 1 is 1.16 bits per heavy atom. The molecule has 2 saturated heterocycles. The third kappa shape index (κ3) is 3.42. The maximum Gasteiger partial charge on any atom is 0.343 e. The van der Waals surface area contributed by atoms with Crippen molar-refractivity contribution in [2.24, 2.45) is 5.41 Å². The summed E-state index contributed by atoms with van der Waals surface area (Å²) >= 11 is 2.22. The first-order valence-corrected chi connectivity index (χ1v) is 14.2. The van der Waals surface area contributed by atoms with Crippen LogP contribution in [0.4, 0.5) is 5.69 Å². The van der Waals surface area contributed by atoms with E-state index in [1.54, 1.807) is 17.6 Å². The molecule has 10 heteroatoms. The van der Waals surface area contributed by atoms with Gasteiger partial charge in [0.1, 0.15) is 6.61 Å². The van der Waals surface area contributed by atoms with Gasteiger partial charge < -0.3 is 24.9 Å². The summed E-state index contributed by atoms with van der Waals surface area (Å²) in [6.45, 7) is 6.41. The summed E-state index contributed by atoms with van der Waals surface area (Å²) in [5.74, 6) is -0.716. The number of likely N-dealkylation sites (tertiary alicyclic amines) is 1. The first-order chi connectivity index (χ1) is 18.2. The molecule has 0 unspecified atom stereocenters. The number of hydrogen-bond donors (Lipinski definition) is 2. The van der Waals surface area contributed by atoms with Crippen LogP contribution >= 0.6 is 22.6 Å². The van der Waals surface area contributed by atoms with Gasteiger partial charge in [0.05, 0.1) is 29.0 Å². The van der Waals surface area contributed by atoms with Crippen molar-refractivity contribution in [2.75, 3.05) is 32.0 Å². The number of hydrogen-bond acceptors (Lipinski definition) is 8. The van der Waals surface area contributed by atoms with E-state index in [2.05, 4.69) is 27.5 Å². The number of nitrogens with zero attached hydrogens (tertiary/aromatic N) is 3. The van der Waals surface area contributed by atoms with Gasteiger partial charge in [0, 0.05) is 64.0 Å². The number of pyridine rings is 2. The van der Waals surface area contributed by atoms with Crippen LogP contribution in [0.25, 0.3) is 22.3 Å². The topological polar surface area (TPSA) is 120 Å². The maximum absolute atomic E-state index is 13.7. The van der Waals surface area contributed by atoms with Crippen molar-refractivity contribution in [2.45, 2.75) is 51.5 Å². The molecular weight excluding hydrogens is 599 g/mol. The molecule has 1 aromatic carbocycles. The lowest BCUT2D eigenvalue weighted by Gasteiger charge is -2.52. The molecule has 0 aliphatic carbocycles. The van der Waals surface area contributed by atoms with Gasteiger partial charge in [-0.15, -0.1) is 0 Å². The zero-order valence-electron chi connectivity index (χ0n) is 21.2. The number of cyclic esters (lactones) is 1. The molecule has 4 aliphatic heterocycles. The predicted molar refractivity (Wildman–Crippen MR) is 149 cm³/mol. The highest BCUT2D eigenvalue weighted by molar-refractivity contribution is 14.1. The Labute approximate surface area is 233 Å². The van der Waals surface area contributed by atoms with Gasteiger partial charge in [0.2, 0.25) is 0 Å². The Kier molecular flexibility index (Phi) is 5.47. The Hall–Kier alpha value is -2.54. The van der Waals surface area contributed by atoms with Crippen LogP contribution in [-0.2, 0) is 39.6 Å². The molecule has 3 aromatic rings. The third-order valence-corrected chi connectivity index (χ3v) is 9.91. The van der Waals surface area contributed by atoms with Gasteiger partial charge in [0.25, 0.3) is 5.56 Å². The maximum atomic E-state index is 13.7. The Balaban J connectivity index is 1.38. The Morgan fingerprint density at radius 3 is 2.66 bits per heavy atom. The number of carbonyl (C=O) groups is 1. The number of nitrogens with two attached hydrogens (primary N) is 1. The first-order valence-electron chi connectivity index (χ1n) is 13.1. The van der Waals surface area contributed by atoms with Gasteiger partial charge in [-0.3, -0.25) is 9.69 Å². The molecule has 38 heavy (non-hydrogen) atoms. The molecule has 0 amide bonds. The van der Waals surface area contributed by atoms with Crippen molar-refractivity contribution >= 4 is 45.2 Å². The second-order valence-corrected chi connectivity index (χ2v) is 12.3. The van der Waals surface area contributed by atoms with E-state index in [0.29, 0.717) is 34.5 Å². The Morgan fingerprint density at radius 2 is 1.92 bits per heavy atom. The summed E-state index contributed by atoms with van der Waals surface area (Å²) in [6, 6.07) is 5.77. The number of rotatable bonds is 3. The molecule has 198 valence electrons. The fourth-order valence-electron chi connectivity index (χ4n) is 6.74. The lowest BCUT2D eigenvalue weighted by atomic mass is 9.73. The summed E-state index contributed by atoms with van der Waals surface area (Å²) in [7, 11) is 0. The minimum atomic E-state index is -1.84. The number of anilines is 1. The van der Waals surface area contributed by atoms with Crippen molar-refractivity contribution in [3.8, 4) is 11.4 Å². The van der Waals surface area contributed by atoms with Crippen LogP contribution in [0.3, 0.4) is 0 Å². The predicted octanol–water partition coefficient (Wildman–Crippen LogP) is 2.88. The van der Waals surface area contributed by atoms with Gasteiger partial charge in [-0.05, 0) is 65.6 Å². The summed E-state index contributed by atoms with van der Waals surface area (Å²) in [5.41, 5.74) is 10.3. The second kappa shape index (κ2) is 8.48. The molecule has 2 fully saturated rings. The minimum Gasteiger partial charge on any atom is -0.458 e. The molecule has 9 nitrogen and oxygen atoms in total. The monoisotopic (exact) mass is 628 g/mol. The van der Waals surface area contributed by atoms with E-state index in [1.165, 1.54) is 0 Å². The lowest BCUT2D eigenvalue weighted by molar-refractivity contribution is -0.172. The van der Waals surface area contributed by atoms with Gasteiger partial charge >= 0.3 is 5.97 Å². The fraction of sp³-hybridized carbons (Fsp3) is 0.464. The number of esters is 1. The molecule has 7 rings (SSSR count). The van der Waals surface area contributed by atoms with Gasteiger partial charge in [0.15, 0.2) is 5.60 Å². The summed E-state index contributed by atoms with van der Waals surface area (Å²) in [5, 5.41) is 12.2. The van der Waals surface area contributed by atoms with Gasteiger partial charge in [-0.2, -0.15) is 0 Å². The van der Waals surface area contributed by atoms with E-state index in [-0.39, 0.29) is 18.6 Å². The lowest BCUT2D eigenvalue weighted by Crippen LogP contribution is -2.57. The highest BCUT2D eigenvalue weighted by Crippen LogP contribution is 2.44. The number of ether oxygens (including phenoxy) is 2. The summed E-state index contributed by atoms with van der Waals surface area (Å²) < 4.78 is 13.4. The number of nitrogen functional groups attached to an aromatic ring is 1. The van der Waals surface area contributed by atoms with Crippen LogP contribution in [0, 0.1) is 8.99 Å². The third-order valence-electron chi connectivity index (χ3n) is 8.98. The van der Waals surface area contributed by atoms with E-state index in [4.69, 9.17) is 20.2 Å². The molecule has 1 atom stereocenters. The molecule has 0 saturated carbocycles.